The molecule has 1 N–H and O–H groups in total. The molecule has 0 saturated heterocycles. The van der Waals surface area contributed by atoms with E-state index in [1.54, 1.807) is 0 Å². The highest BCUT2D eigenvalue weighted by atomic mass is 32.2. The van der Waals surface area contributed by atoms with Crippen LogP contribution in [0.1, 0.15) is 40.5 Å². The zero-order chi connectivity index (χ0) is 10.2. The van der Waals surface area contributed by atoms with Gasteiger partial charge >= 0.3 is 0 Å². The molecule has 0 fully saturated rings. The van der Waals surface area contributed by atoms with Crippen molar-refractivity contribution >= 4 is 11.8 Å². The summed E-state index contributed by atoms with van der Waals surface area (Å²) in [4.78, 5) is 0. The van der Waals surface area contributed by atoms with Crippen LogP contribution in [0.5, 0.6) is 0 Å². The summed E-state index contributed by atoms with van der Waals surface area (Å²) in [6, 6.07) is 0. The summed E-state index contributed by atoms with van der Waals surface area (Å²) >= 11 is 2.03. The lowest BCUT2D eigenvalue weighted by Crippen LogP contribution is -2.21. The van der Waals surface area contributed by atoms with E-state index in [-0.39, 0.29) is 0 Å². The first-order chi connectivity index (χ1) is 6.06. The molecule has 80 valence electrons. The van der Waals surface area contributed by atoms with Crippen molar-refractivity contribution in [2.45, 2.75) is 40.5 Å². The van der Waals surface area contributed by atoms with Gasteiger partial charge in [-0.3, -0.25) is 0 Å². The molecular formula is C11H25NS. The van der Waals surface area contributed by atoms with E-state index >= 15 is 0 Å². The average Bonchev–Trinajstić information content (AvgIpc) is 2.01. The Bertz CT molecular complexity index is 107. The molecule has 0 aliphatic heterocycles. The maximum Gasteiger partial charge on any atom is -0.00411 e. The molecule has 0 aromatic heterocycles. The molecule has 0 aliphatic carbocycles. The molecule has 0 radical (unpaired) electrons. The van der Waals surface area contributed by atoms with Gasteiger partial charge in [-0.15, -0.1) is 0 Å². The highest BCUT2D eigenvalue weighted by Gasteiger charge is 2.08. The molecule has 0 heterocycles. The third-order valence-electron chi connectivity index (χ3n) is 1.90. The third-order valence-corrected chi connectivity index (χ3v) is 2.88. The Kier molecular flexibility index (Phi) is 7.87. The summed E-state index contributed by atoms with van der Waals surface area (Å²) in [6.45, 7) is 11.5. The fourth-order valence-electron chi connectivity index (χ4n) is 1.03. The van der Waals surface area contributed by atoms with Gasteiger partial charge in [0.05, 0.1) is 0 Å². The molecule has 0 aromatic carbocycles. The lowest BCUT2D eigenvalue weighted by atomic mass is 9.92. The lowest BCUT2D eigenvalue weighted by molar-refractivity contribution is 0.367. The minimum atomic E-state index is 0.477. The van der Waals surface area contributed by atoms with Gasteiger partial charge in [0.25, 0.3) is 0 Å². The lowest BCUT2D eigenvalue weighted by Gasteiger charge is -2.17. The van der Waals surface area contributed by atoms with Crippen LogP contribution in [0, 0.1) is 5.41 Å². The van der Waals surface area contributed by atoms with Crippen molar-refractivity contribution in [3.05, 3.63) is 0 Å². The largest absolute Gasteiger partial charge is 0.317 e. The highest BCUT2D eigenvalue weighted by molar-refractivity contribution is 7.99. The molecule has 0 aliphatic rings. The molecule has 0 rings (SSSR count). The molecule has 13 heavy (non-hydrogen) atoms. The van der Waals surface area contributed by atoms with Crippen molar-refractivity contribution in [3.8, 4) is 0 Å². The Morgan fingerprint density at radius 2 is 1.85 bits per heavy atom. The van der Waals surface area contributed by atoms with Gasteiger partial charge in [-0.2, -0.15) is 11.8 Å². The first-order valence-corrected chi connectivity index (χ1v) is 6.50. The standard InChI is InChI=1S/C11H25NS/c1-5-13-10-6-8-12-9-7-11(2,3)4/h12H,5-10H2,1-4H3. The Labute approximate surface area is 88.1 Å². The summed E-state index contributed by atoms with van der Waals surface area (Å²) in [5.74, 6) is 2.56. The second-order valence-electron chi connectivity index (χ2n) is 4.61. The predicted molar refractivity (Wildman–Crippen MR) is 64.6 cm³/mol. The summed E-state index contributed by atoms with van der Waals surface area (Å²) in [6.07, 6.45) is 2.58. The van der Waals surface area contributed by atoms with Gasteiger partial charge in [-0.25, -0.2) is 0 Å². The quantitative estimate of drug-likeness (QED) is 0.638. The first-order valence-electron chi connectivity index (χ1n) is 5.35. The van der Waals surface area contributed by atoms with Gasteiger partial charge in [0, 0.05) is 0 Å². The molecule has 0 unspecified atom stereocenters. The van der Waals surface area contributed by atoms with E-state index in [1.807, 2.05) is 11.8 Å². The Morgan fingerprint density at radius 1 is 1.15 bits per heavy atom. The number of rotatable bonds is 7. The highest BCUT2D eigenvalue weighted by Crippen LogP contribution is 2.16. The number of hydrogen-bond acceptors (Lipinski definition) is 2. The summed E-state index contributed by atoms with van der Waals surface area (Å²) in [5.41, 5.74) is 0.477. The molecular weight excluding hydrogens is 178 g/mol. The maximum atomic E-state index is 3.49. The van der Waals surface area contributed by atoms with E-state index in [0.29, 0.717) is 5.41 Å². The van der Waals surface area contributed by atoms with E-state index in [9.17, 15) is 0 Å². The van der Waals surface area contributed by atoms with Crippen molar-refractivity contribution in [2.75, 3.05) is 24.6 Å². The Hall–Kier alpha value is 0.310. The molecule has 2 heteroatoms. The fraction of sp³-hybridized carbons (Fsp3) is 1.00. The minimum absolute atomic E-state index is 0.477. The summed E-state index contributed by atoms with van der Waals surface area (Å²) in [5, 5.41) is 3.49. The molecule has 0 atom stereocenters. The zero-order valence-electron chi connectivity index (χ0n) is 9.65. The number of hydrogen-bond donors (Lipinski definition) is 1. The SMILES string of the molecule is CCSCCCNCCC(C)(C)C. The van der Waals surface area contributed by atoms with Crippen molar-refractivity contribution in [1.82, 2.24) is 5.32 Å². The van der Waals surface area contributed by atoms with Crippen LogP contribution in [0.4, 0.5) is 0 Å². The van der Waals surface area contributed by atoms with E-state index in [1.165, 1.54) is 37.4 Å². The van der Waals surface area contributed by atoms with Gasteiger partial charge in [0.15, 0.2) is 0 Å². The van der Waals surface area contributed by atoms with Crippen LogP contribution in [-0.4, -0.2) is 24.6 Å². The van der Waals surface area contributed by atoms with Gasteiger partial charge in [0.2, 0.25) is 0 Å². The first kappa shape index (κ1) is 13.3. The van der Waals surface area contributed by atoms with Crippen LogP contribution in [0.2, 0.25) is 0 Å². The second-order valence-corrected chi connectivity index (χ2v) is 6.00. The molecule has 0 spiro atoms. The number of thioether (sulfide) groups is 1. The van der Waals surface area contributed by atoms with Crippen molar-refractivity contribution in [3.63, 3.8) is 0 Å². The smallest absolute Gasteiger partial charge is 0.00411 e. The molecule has 0 saturated carbocycles. The van der Waals surface area contributed by atoms with Gasteiger partial charge < -0.3 is 5.32 Å². The second kappa shape index (κ2) is 7.69. The fourth-order valence-corrected chi connectivity index (χ4v) is 1.67. The normalized spacial score (nSPS) is 12.0. The zero-order valence-corrected chi connectivity index (χ0v) is 10.5. The average molecular weight is 203 g/mol. The van der Waals surface area contributed by atoms with Crippen LogP contribution < -0.4 is 5.32 Å². The van der Waals surface area contributed by atoms with Gasteiger partial charge in [0.1, 0.15) is 0 Å². The number of nitrogens with one attached hydrogen (secondary N) is 1. The summed E-state index contributed by atoms with van der Waals surface area (Å²) in [7, 11) is 0. The molecule has 0 bridgehead atoms. The van der Waals surface area contributed by atoms with Gasteiger partial charge in [-0.05, 0) is 42.9 Å². The third kappa shape index (κ3) is 12.3. The minimum Gasteiger partial charge on any atom is -0.317 e. The monoisotopic (exact) mass is 203 g/mol. The molecule has 1 nitrogen and oxygen atoms in total. The topological polar surface area (TPSA) is 12.0 Å². The van der Waals surface area contributed by atoms with Crippen LogP contribution in [0.15, 0.2) is 0 Å². The van der Waals surface area contributed by atoms with E-state index < -0.39 is 0 Å². The van der Waals surface area contributed by atoms with E-state index in [4.69, 9.17) is 0 Å². The van der Waals surface area contributed by atoms with Crippen LogP contribution in [-0.2, 0) is 0 Å². The van der Waals surface area contributed by atoms with Crippen LogP contribution in [0.25, 0.3) is 0 Å². The van der Waals surface area contributed by atoms with E-state index in [2.05, 4.69) is 33.0 Å². The van der Waals surface area contributed by atoms with Crippen molar-refractivity contribution in [2.24, 2.45) is 5.41 Å². The predicted octanol–water partition coefficient (Wildman–Crippen LogP) is 3.16. The van der Waals surface area contributed by atoms with Crippen LogP contribution in [0.3, 0.4) is 0 Å². The van der Waals surface area contributed by atoms with E-state index in [0.717, 1.165) is 0 Å². The van der Waals surface area contributed by atoms with Crippen molar-refractivity contribution in [1.29, 1.82) is 0 Å². The van der Waals surface area contributed by atoms with Gasteiger partial charge in [-0.1, -0.05) is 27.7 Å². The van der Waals surface area contributed by atoms with Crippen molar-refractivity contribution < 1.29 is 0 Å². The maximum absolute atomic E-state index is 3.49. The Morgan fingerprint density at radius 3 is 2.38 bits per heavy atom. The Balaban J connectivity index is 3.00. The summed E-state index contributed by atoms with van der Waals surface area (Å²) < 4.78 is 0. The molecule has 0 amide bonds. The van der Waals surface area contributed by atoms with Crippen LogP contribution >= 0.6 is 11.8 Å². The molecule has 0 aromatic rings.